The molecule has 9 heteroatoms. The molecule has 2 aromatic rings. The van der Waals surface area contributed by atoms with E-state index in [2.05, 4.69) is 10.3 Å². The van der Waals surface area contributed by atoms with E-state index in [4.69, 9.17) is 0 Å². The van der Waals surface area contributed by atoms with Crippen molar-refractivity contribution in [2.45, 2.75) is 43.9 Å². The predicted molar refractivity (Wildman–Crippen MR) is 111 cm³/mol. The van der Waals surface area contributed by atoms with Crippen molar-refractivity contribution < 1.29 is 17.6 Å². The maximum Gasteiger partial charge on any atom is 0.245 e. The molecule has 1 aliphatic rings. The third-order valence-electron chi connectivity index (χ3n) is 5.06. The predicted octanol–water partition coefficient (Wildman–Crippen LogP) is 3.13. The van der Waals surface area contributed by atoms with E-state index in [-0.39, 0.29) is 29.8 Å². The van der Waals surface area contributed by atoms with Gasteiger partial charge in [-0.25, -0.2) is 17.8 Å². The average molecular weight is 440 g/mol. The Bertz CT molecular complexity index is 938. The summed E-state index contributed by atoms with van der Waals surface area (Å²) in [5.41, 5.74) is 1.04. The minimum atomic E-state index is -3.87. The average Bonchev–Trinajstić information content (AvgIpc) is 3.13. The van der Waals surface area contributed by atoms with E-state index < -0.39 is 15.8 Å². The number of nitrogens with zero attached hydrogens (tertiary/aromatic N) is 2. The lowest BCUT2D eigenvalue weighted by Gasteiger charge is -2.30. The van der Waals surface area contributed by atoms with Crippen molar-refractivity contribution in [2.75, 3.05) is 19.6 Å². The van der Waals surface area contributed by atoms with Gasteiger partial charge in [0, 0.05) is 36.6 Å². The fourth-order valence-corrected chi connectivity index (χ4v) is 5.78. The number of nitrogens with one attached hydrogen (secondary N) is 1. The Morgan fingerprint density at radius 1 is 1.28 bits per heavy atom. The van der Waals surface area contributed by atoms with Crippen molar-refractivity contribution in [2.24, 2.45) is 5.92 Å². The molecule has 1 saturated heterocycles. The first-order chi connectivity index (χ1) is 13.9. The Kier molecular flexibility index (Phi) is 7.37. The molecule has 1 N–H and O–H groups in total. The van der Waals surface area contributed by atoms with Gasteiger partial charge in [0.05, 0.1) is 5.01 Å². The van der Waals surface area contributed by atoms with Crippen molar-refractivity contribution in [3.05, 3.63) is 46.2 Å². The number of amides is 1. The second-order valence-electron chi connectivity index (χ2n) is 7.24. The van der Waals surface area contributed by atoms with Crippen molar-refractivity contribution in [1.29, 1.82) is 0 Å². The zero-order valence-corrected chi connectivity index (χ0v) is 18.1. The summed E-state index contributed by atoms with van der Waals surface area (Å²) in [6.07, 6.45) is 3.65. The lowest BCUT2D eigenvalue weighted by Crippen LogP contribution is -2.43. The van der Waals surface area contributed by atoms with Crippen LogP contribution in [-0.2, 0) is 21.2 Å². The number of piperidine rings is 1. The Hall–Kier alpha value is -1.84. The summed E-state index contributed by atoms with van der Waals surface area (Å²) in [4.78, 5) is 16.5. The number of benzene rings is 1. The number of aromatic nitrogens is 1. The Balaban J connectivity index is 1.40. The summed E-state index contributed by atoms with van der Waals surface area (Å²) < 4.78 is 40.4. The first-order valence-corrected chi connectivity index (χ1v) is 12.1. The Morgan fingerprint density at radius 3 is 2.66 bits per heavy atom. The van der Waals surface area contributed by atoms with Crippen molar-refractivity contribution in [3.8, 4) is 0 Å². The number of aryl methyl sites for hydroxylation is 2. The molecule has 0 saturated carbocycles. The molecular formula is C20H26FN3O3S2. The van der Waals surface area contributed by atoms with Gasteiger partial charge in [0.2, 0.25) is 15.9 Å². The highest BCUT2D eigenvalue weighted by atomic mass is 32.2. The third kappa shape index (κ3) is 5.61. The van der Waals surface area contributed by atoms with Crippen LogP contribution in [0.2, 0.25) is 0 Å². The van der Waals surface area contributed by atoms with Gasteiger partial charge in [-0.1, -0.05) is 12.1 Å². The molecule has 6 nitrogen and oxygen atoms in total. The van der Waals surface area contributed by atoms with Crippen LogP contribution in [0.15, 0.2) is 34.5 Å². The number of hydrogen-bond acceptors (Lipinski definition) is 5. The first-order valence-electron chi connectivity index (χ1n) is 9.81. The molecule has 0 spiro atoms. The zero-order chi connectivity index (χ0) is 20.9. The molecule has 1 fully saturated rings. The smallest absolute Gasteiger partial charge is 0.245 e. The maximum atomic E-state index is 13.9. The lowest BCUT2D eigenvalue weighted by molar-refractivity contribution is -0.126. The summed E-state index contributed by atoms with van der Waals surface area (Å²) in [7, 11) is -3.87. The van der Waals surface area contributed by atoms with Crippen LogP contribution >= 0.6 is 11.3 Å². The topological polar surface area (TPSA) is 79.4 Å². The van der Waals surface area contributed by atoms with Crippen molar-refractivity contribution >= 4 is 27.3 Å². The van der Waals surface area contributed by atoms with Gasteiger partial charge in [-0.2, -0.15) is 4.31 Å². The van der Waals surface area contributed by atoms with E-state index in [1.807, 2.05) is 12.3 Å². The van der Waals surface area contributed by atoms with Crippen LogP contribution in [0.5, 0.6) is 0 Å². The van der Waals surface area contributed by atoms with Gasteiger partial charge in [0.1, 0.15) is 10.7 Å². The SMILES string of the molecule is Cc1csc(CCCCNC(=O)C2CCN(S(=O)(=O)c3ccccc3F)CC2)n1. The molecule has 0 bridgehead atoms. The monoisotopic (exact) mass is 439 g/mol. The number of unbranched alkanes of at least 4 members (excludes halogenated alkanes) is 1. The van der Waals surface area contributed by atoms with Gasteiger partial charge < -0.3 is 5.32 Å². The second kappa shape index (κ2) is 9.77. The van der Waals surface area contributed by atoms with Crippen LogP contribution in [0.1, 0.15) is 36.4 Å². The Morgan fingerprint density at radius 2 is 2.00 bits per heavy atom. The molecule has 0 aliphatic carbocycles. The number of sulfonamides is 1. The minimum absolute atomic E-state index is 0.0296. The molecule has 3 rings (SSSR count). The van der Waals surface area contributed by atoms with E-state index in [9.17, 15) is 17.6 Å². The van der Waals surface area contributed by atoms with Crippen LogP contribution in [0, 0.1) is 18.7 Å². The molecule has 158 valence electrons. The number of thiazole rings is 1. The van der Waals surface area contributed by atoms with Crippen LogP contribution in [-0.4, -0.2) is 43.2 Å². The number of rotatable bonds is 8. The highest BCUT2D eigenvalue weighted by Gasteiger charge is 2.33. The van der Waals surface area contributed by atoms with E-state index in [1.54, 1.807) is 11.3 Å². The Labute approximate surface area is 175 Å². The van der Waals surface area contributed by atoms with Gasteiger partial charge in [0.25, 0.3) is 0 Å². The van der Waals surface area contributed by atoms with Crippen molar-refractivity contribution in [1.82, 2.24) is 14.6 Å². The van der Waals surface area contributed by atoms with E-state index >= 15 is 0 Å². The largest absolute Gasteiger partial charge is 0.356 e. The quantitative estimate of drug-likeness (QED) is 0.641. The molecular weight excluding hydrogens is 413 g/mol. The fourth-order valence-electron chi connectivity index (χ4n) is 3.43. The van der Waals surface area contributed by atoms with Crippen molar-refractivity contribution in [3.63, 3.8) is 0 Å². The van der Waals surface area contributed by atoms with E-state index in [0.29, 0.717) is 19.4 Å². The number of carbonyl (C=O) groups excluding carboxylic acids is 1. The molecule has 0 atom stereocenters. The summed E-state index contributed by atoms with van der Waals surface area (Å²) >= 11 is 1.66. The van der Waals surface area contributed by atoms with E-state index in [0.717, 1.165) is 36.0 Å². The molecule has 1 aromatic carbocycles. The fraction of sp³-hybridized carbons (Fsp3) is 0.500. The number of halogens is 1. The number of hydrogen-bond donors (Lipinski definition) is 1. The summed E-state index contributed by atoms with van der Waals surface area (Å²) in [5, 5.41) is 6.11. The molecule has 2 heterocycles. The van der Waals surface area contributed by atoms with Gasteiger partial charge in [-0.05, 0) is 51.2 Å². The standard InChI is InChI=1S/C20H26FN3O3S2/c1-15-14-28-19(23-15)8-4-5-11-22-20(25)16-9-12-24(13-10-16)29(26,27)18-7-3-2-6-17(18)21/h2-3,6-7,14,16H,4-5,8-13H2,1H3,(H,22,25). The van der Waals surface area contributed by atoms with Gasteiger partial charge in [-0.15, -0.1) is 11.3 Å². The van der Waals surface area contributed by atoms with Crippen LogP contribution in [0.3, 0.4) is 0 Å². The van der Waals surface area contributed by atoms with Gasteiger partial charge in [0.15, 0.2) is 0 Å². The number of carbonyl (C=O) groups is 1. The van der Waals surface area contributed by atoms with Crippen LogP contribution < -0.4 is 5.32 Å². The zero-order valence-electron chi connectivity index (χ0n) is 16.4. The van der Waals surface area contributed by atoms with Gasteiger partial charge in [-0.3, -0.25) is 4.79 Å². The lowest BCUT2D eigenvalue weighted by atomic mass is 9.97. The van der Waals surface area contributed by atoms with Crippen LogP contribution in [0.25, 0.3) is 0 Å². The summed E-state index contributed by atoms with van der Waals surface area (Å²) in [5.74, 6) is -0.984. The maximum absolute atomic E-state index is 13.9. The van der Waals surface area contributed by atoms with Crippen LogP contribution in [0.4, 0.5) is 4.39 Å². The molecule has 0 radical (unpaired) electrons. The first kappa shape index (κ1) is 21.9. The van der Waals surface area contributed by atoms with Gasteiger partial charge >= 0.3 is 0 Å². The molecule has 1 aromatic heterocycles. The van der Waals surface area contributed by atoms with E-state index in [1.165, 1.54) is 22.5 Å². The summed E-state index contributed by atoms with van der Waals surface area (Å²) in [6, 6.07) is 5.38. The minimum Gasteiger partial charge on any atom is -0.356 e. The highest BCUT2D eigenvalue weighted by molar-refractivity contribution is 7.89. The molecule has 0 unspecified atom stereocenters. The normalized spacial score (nSPS) is 16.1. The highest BCUT2D eigenvalue weighted by Crippen LogP contribution is 2.25. The molecule has 1 aliphatic heterocycles. The third-order valence-corrected chi connectivity index (χ3v) is 8.02. The molecule has 29 heavy (non-hydrogen) atoms. The second-order valence-corrected chi connectivity index (χ2v) is 10.1. The summed E-state index contributed by atoms with van der Waals surface area (Å²) in [6.45, 7) is 3.03. The molecule has 1 amide bonds.